The Morgan fingerprint density at radius 3 is 2.90 bits per heavy atom. The maximum Gasteiger partial charge on any atom is 0.305 e. The average Bonchev–Trinajstić information content (AvgIpc) is 2.46. The van der Waals surface area contributed by atoms with Gasteiger partial charge in [-0.05, 0) is 18.6 Å². The Labute approximate surface area is 133 Å². The van der Waals surface area contributed by atoms with Crippen LogP contribution in [0.2, 0.25) is 0 Å². The quantitative estimate of drug-likeness (QED) is 0.843. The van der Waals surface area contributed by atoms with Gasteiger partial charge in [-0.25, -0.2) is 0 Å². The van der Waals surface area contributed by atoms with Gasteiger partial charge in [-0.2, -0.15) is 11.8 Å². The van der Waals surface area contributed by atoms with Crippen LogP contribution < -0.4 is 0 Å². The van der Waals surface area contributed by atoms with Crippen molar-refractivity contribution in [3.05, 3.63) is 29.8 Å². The van der Waals surface area contributed by atoms with E-state index in [1.165, 1.54) is 11.8 Å². The van der Waals surface area contributed by atoms with Crippen LogP contribution in [0, 0.1) is 6.92 Å². The third-order valence-corrected chi connectivity index (χ3v) is 5.65. The highest BCUT2D eigenvalue weighted by Crippen LogP contribution is 2.24. The molecule has 1 aromatic carbocycles. The highest BCUT2D eigenvalue weighted by Gasteiger charge is 2.28. The molecule has 1 heterocycles. The Bertz CT molecular complexity index is 521. The van der Waals surface area contributed by atoms with Crippen molar-refractivity contribution >= 4 is 35.4 Å². The molecule has 1 aliphatic heterocycles. The van der Waals surface area contributed by atoms with E-state index in [4.69, 9.17) is 5.11 Å². The van der Waals surface area contributed by atoms with E-state index in [0.29, 0.717) is 18.1 Å². The summed E-state index contributed by atoms with van der Waals surface area (Å²) in [6, 6.07) is 7.80. The number of carboxylic acids is 1. The fourth-order valence-corrected chi connectivity index (χ4v) is 4.27. The molecule has 114 valence electrons. The van der Waals surface area contributed by atoms with Crippen LogP contribution in [0.1, 0.15) is 12.0 Å². The maximum atomic E-state index is 12.4. The van der Waals surface area contributed by atoms with Crippen molar-refractivity contribution in [1.82, 2.24) is 4.90 Å². The van der Waals surface area contributed by atoms with E-state index in [2.05, 4.69) is 0 Å². The van der Waals surface area contributed by atoms with Crippen LogP contribution in [0.5, 0.6) is 0 Å². The summed E-state index contributed by atoms with van der Waals surface area (Å²) in [4.78, 5) is 26.1. The highest BCUT2D eigenvalue weighted by molar-refractivity contribution is 8.00. The smallest absolute Gasteiger partial charge is 0.305 e. The Morgan fingerprint density at radius 2 is 2.19 bits per heavy atom. The van der Waals surface area contributed by atoms with Gasteiger partial charge < -0.3 is 10.0 Å². The van der Waals surface area contributed by atoms with Gasteiger partial charge in [0.05, 0.1) is 18.2 Å². The number of rotatable bonds is 5. The van der Waals surface area contributed by atoms with Crippen LogP contribution in [-0.2, 0) is 9.59 Å². The summed E-state index contributed by atoms with van der Waals surface area (Å²) < 4.78 is 0. The molecule has 0 saturated carbocycles. The third-order valence-electron chi connectivity index (χ3n) is 3.40. The van der Waals surface area contributed by atoms with Gasteiger partial charge in [-0.15, -0.1) is 11.8 Å². The predicted molar refractivity (Wildman–Crippen MR) is 87.0 cm³/mol. The molecule has 4 nitrogen and oxygen atoms in total. The molecule has 1 aliphatic rings. The monoisotopic (exact) mass is 325 g/mol. The summed E-state index contributed by atoms with van der Waals surface area (Å²) in [6.07, 6.45) is 0.0355. The molecule has 6 heteroatoms. The Kier molecular flexibility index (Phi) is 5.99. The summed E-state index contributed by atoms with van der Waals surface area (Å²) in [5.41, 5.74) is 1.16. The lowest BCUT2D eigenvalue weighted by molar-refractivity contribution is -0.139. The number of carbonyl (C=O) groups is 2. The second-order valence-electron chi connectivity index (χ2n) is 4.97. The molecule has 0 spiro atoms. The number of nitrogens with zero attached hydrogens (tertiary/aromatic N) is 1. The standard InChI is InChI=1S/C15H19NO3S2/c1-11-4-2-3-5-13(11)21-10-14(17)16-6-7-20-9-12(16)8-15(18)19/h2-5,12H,6-10H2,1H3,(H,18,19). The molecule has 0 aromatic heterocycles. The Balaban J connectivity index is 1.94. The molecule has 1 amide bonds. The van der Waals surface area contributed by atoms with E-state index in [0.717, 1.165) is 16.2 Å². The summed E-state index contributed by atoms with van der Waals surface area (Å²) >= 11 is 3.24. The normalized spacial score (nSPS) is 18.5. The first-order valence-corrected chi connectivity index (χ1v) is 8.99. The van der Waals surface area contributed by atoms with Crippen molar-refractivity contribution in [2.24, 2.45) is 0 Å². The zero-order chi connectivity index (χ0) is 15.2. The number of amides is 1. The molecule has 1 fully saturated rings. The van der Waals surface area contributed by atoms with Crippen LogP contribution in [-0.4, -0.2) is 51.7 Å². The number of thioether (sulfide) groups is 2. The fraction of sp³-hybridized carbons (Fsp3) is 0.467. The molecule has 1 N–H and O–H groups in total. The Morgan fingerprint density at radius 1 is 1.43 bits per heavy atom. The minimum Gasteiger partial charge on any atom is -0.481 e. The fourth-order valence-electron chi connectivity index (χ4n) is 2.29. The van der Waals surface area contributed by atoms with E-state index in [1.54, 1.807) is 16.7 Å². The molecule has 1 atom stereocenters. The summed E-state index contributed by atoms with van der Waals surface area (Å²) in [5, 5.41) is 8.96. The molecule has 1 saturated heterocycles. The van der Waals surface area contributed by atoms with E-state index in [-0.39, 0.29) is 18.4 Å². The zero-order valence-corrected chi connectivity index (χ0v) is 13.6. The van der Waals surface area contributed by atoms with E-state index in [1.807, 2.05) is 31.2 Å². The van der Waals surface area contributed by atoms with Gasteiger partial charge in [0.2, 0.25) is 5.91 Å². The summed E-state index contributed by atoms with van der Waals surface area (Å²) in [7, 11) is 0. The molecule has 1 unspecified atom stereocenters. The Hall–Kier alpha value is -1.14. The molecular weight excluding hydrogens is 306 g/mol. The molecule has 1 aromatic rings. The minimum atomic E-state index is -0.841. The molecular formula is C15H19NO3S2. The average molecular weight is 325 g/mol. The predicted octanol–water partition coefficient (Wildman–Crippen LogP) is 2.51. The number of aryl methyl sites for hydroxylation is 1. The molecule has 21 heavy (non-hydrogen) atoms. The van der Waals surface area contributed by atoms with Crippen molar-refractivity contribution in [3.63, 3.8) is 0 Å². The zero-order valence-electron chi connectivity index (χ0n) is 11.9. The van der Waals surface area contributed by atoms with Crippen molar-refractivity contribution in [1.29, 1.82) is 0 Å². The van der Waals surface area contributed by atoms with Gasteiger partial charge in [0, 0.05) is 22.9 Å². The van der Waals surface area contributed by atoms with Crippen LogP contribution in [0.15, 0.2) is 29.2 Å². The highest BCUT2D eigenvalue weighted by atomic mass is 32.2. The topological polar surface area (TPSA) is 57.6 Å². The second-order valence-corrected chi connectivity index (χ2v) is 7.13. The summed E-state index contributed by atoms with van der Waals surface area (Å²) in [5.74, 6) is 1.16. The van der Waals surface area contributed by atoms with Crippen molar-refractivity contribution in [3.8, 4) is 0 Å². The first kappa shape index (κ1) is 16.2. The van der Waals surface area contributed by atoms with E-state index in [9.17, 15) is 9.59 Å². The number of aliphatic carboxylic acids is 1. The number of carboxylic acid groups (broad SMARTS) is 1. The van der Waals surface area contributed by atoms with Crippen LogP contribution in [0.4, 0.5) is 0 Å². The molecule has 0 bridgehead atoms. The van der Waals surface area contributed by atoms with Crippen molar-refractivity contribution in [2.45, 2.75) is 24.3 Å². The summed E-state index contributed by atoms with van der Waals surface area (Å²) in [6.45, 7) is 2.67. The minimum absolute atomic E-state index is 0.0355. The maximum absolute atomic E-state index is 12.4. The van der Waals surface area contributed by atoms with Crippen LogP contribution in [0.3, 0.4) is 0 Å². The lowest BCUT2D eigenvalue weighted by Crippen LogP contribution is -2.47. The van der Waals surface area contributed by atoms with Gasteiger partial charge >= 0.3 is 5.97 Å². The van der Waals surface area contributed by atoms with Gasteiger partial charge in [-0.3, -0.25) is 9.59 Å². The lowest BCUT2D eigenvalue weighted by Gasteiger charge is -2.34. The van der Waals surface area contributed by atoms with Crippen LogP contribution >= 0.6 is 23.5 Å². The molecule has 0 radical (unpaired) electrons. The first-order valence-electron chi connectivity index (χ1n) is 6.85. The first-order chi connectivity index (χ1) is 10.1. The largest absolute Gasteiger partial charge is 0.481 e. The number of carbonyl (C=O) groups excluding carboxylic acids is 1. The van der Waals surface area contributed by atoms with Gasteiger partial charge in [0.25, 0.3) is 0 Å². The molecule has 2 rings (SSSR count). The lowest BCUT2D eigenvalue weighted by atomic mass is 10.2. The molecule has 0 aliphatic carbocycles. The van der Waals surface area contributed by atoms with Crippen molar-refractivity contribution in [2.75, 3.05) is 23.8 Å². The second kappa shape index (κ2) is 7.75. The van der Waals surface area contributed by atoms with E-state index < -0.39 is 5.97 Å². The van der Waals surface area contributed by atoms with Gasteiger partial charge in [0.15, 0.2) is 0 Å². The van der Waals surface area contributed by atoms with Crippen LogP contribution in [0.25, 0.3) is 0 Å². The van der Waals surface area contributed by atoms with E-state index >= 15 is 0 Å². The third kappa shape index (κ3) is 4.68. The van der Waals surface area contributed by atoms with Gasteiger partial charge in [0.1, 0.15) is 0 Å². The number of benzene rings is 1. The van der Waals surface area contributed by atoms with Gasteiger partial charge in [-0.1, -0.05) is 18.2 Å². The SMILES string of the molecule is Cc1ccccc1SCC(=O)N1CCSCC1CC(=O)O. The van der Waals surface area contributed by atoms with Crippen molar-refractivity contribution < 1.29 is 14.7 Å². The number of hydrogen-bond acceptors (Lipinski definition) is 4. The number of hydrogen-bond donors (Lipinski definition) is 1.